The maximum absolute atomic E-state index is 12.6. The van der Waals surface area contributed by atoms with Crippen LogP contribution < -0.4 is 0 Å². The molecule has 7 atom stereocenters. The van der Waals surface area contributed by atoms with Gasteiger partial charge in [-0.1, -0.05) is 34.1 Å². The van der Waals surface area contributed by atoms with Gasteiger partial charge in [0.05, 0.1) is 25.2 Å². The van der Waals surface area contributed by atoms with Gasteiger partial charge in [0.1, 0.15) is 42.0 Å². The molecule has 3 heterocycles. The maximum Gasteiger partial charge on any atom is 0.481 e. The van der Waals surface area contributed by atoms with Crippen LogP contribution in [0.15, 0.2) is 12.7 Å². The Balaban J connectivity index is 1.57. The fourth-order valence-corrected chi connectivity index (χ4v) is 7.89. The van der Waals surface area contributed by atoms with Crippen LogP contribution in [0.4, 0.5) is 0 Å². The lowest BCUT2D eigenvalue weighted by Gasteiger charge is -2.30. The Morgan fingerprint density at radius 1 is 1.00 bits per heavy atom. The van der Waals surface area contributed by atoms with Gasteiger partial charge in [0.15, 0.2) is 17.7 Å². The predicted molar refractivity (Wildman–Crippen MR) is 172 cm³/mol. The quantitative estimate of drug-likeness (QED) is 0.0993. The van der Waals surface area contributed by atoms with Crippen molar-refractivity contribution >= 4 is 46.2 Å². The number of fused-ring (bicyclic) bond motifs is 1. The van der Waals surface area contributed by atoms with E-state index in [1.807, 2.05) is 0 Å². The van der Waals surface area contributed by atoms with Crippen LogP contribution >= 0.6 is 23.5 Å². The third-order valence-electron chi connectivity index (χ3n) is 7.75. The molecule has 0 aromatic carbocycles. The number of rotatable bonds is 21. The van der Waals surface area contributed by atoms with E-state index in [4.69, 9.17) is 13.8 Å². The summed E-state index contributed by atoms with van der Waals surface area (Å²) in [5, 5.41) is 21.4. The summed E-state index contributed by atoms with van der Waals surface area (Å²) in [6.45, 7) is 6.53. The zero-order valence-electron chi connectivity index (χ0n) is 28.2. The monoisotopic (exact) mass is 774 g/mol. The number of aryl methyl sites for hydroxylation is 1. The van der Waals surface area contributed by atoms with Gasteiger partial charge in [0.25, 0.3) is 0 Å². The fourth-order valence-electron chi connectivity index (χ4n) is 5.06. The first-order chi connectivity index (χ1) is 23.0. The van der Waals surface area contributed by atoms with Crippen molar-refractivity contribution in [2.75, 3.05) is 13.2 Å². The SMILES string of the molecule is Cc1ncnc2c1ncn2C1OC(COP(=O)(O)OP(=O)(O)OCC(C)(C)C(O)C(=O)CCCC(=O)CCCC(C)C)C(OP(=O)(O)O)C1O. The Kier molecular flexibility index (Phi) is 14.7. The summed E-state index contributed by atoms with van der Waals surface area (Å²) in [6, 6.07) is 0. The zero-order valence-corrected chi connectivity index (χ0v) is 30.9. The highest BCUT2D eigenvalue weighted by Gasteiger charge is 2.50. The lowest BCUT2D eigenvalue weighted by atomic mass is 9.84. The Bertz CT molecular complexity index is 1630. The van der Waals surface area contributed by atoms with Gasteiger partial charge in [-0.05, 0) is 25.7 Å². The molecule has 7 unspecified atom stereocenters. The second-order valence-electron chi connectivity index (χ2n) is 13.0. The van der Waals surface area contributed by atoms with Gasteiger partial charge < -0.3 is 34.5 Å². The number of hydrogen-bond acceptors (Lipinski definition) is 15. The van der Waals surface area contributed by atoms with Crippen LogP contribution in [-0.4, -0.2) is 98.5 Å². The number of imidazole rings is 1. The van der Waals surface area contributed by atoms with Crippen LogP contribution in [0.5, 0.6) is 0 Å². The number of nitrogens with zero attached hydrogens (tertiary/aromatic N) is 4. The van der Waals surface area contributed by atoms with Crippen LogP contribution in [0.1, 0.15) is 78.1 Å². The summed E-state index contributed by atoms with van der Waals surface area (Å²) in [5.74, 6) is -0.173. The normalized spacial score (nSPS) is 23.2. The first-order valence-electron chi connectivity index (χ1n) is 15.6. The van der Waals surface area contributed by atoms with Crippen LogP contribution in [0.2, 0.25) is 0 Å². The molecule has 0 saturated carbocycles. The Hall–Kier alpha value is -1.86. The molecular weight excluding hydrogens is 729 g/mol. The molecule has 0 radical (unpaired) electrons. The first kappa shape index (κ1) is 42.6. The predicted octanol–water partition coefficient (Wildman–Crippen LogP) is 2.64. The van der Waals surface area contributed by atoms with Crippen LogP contribution in [0.25, 0.3) is 11.2 Å². The van der Waals surface area contributed by atoms with Crippen molar-refractivity contribution in [2.24, 2.45) is 11.3 Å². The Labute approximate surface area is 288 Å². The van der Waals surface area contributed by atoms with Gasteiger partial charge in [-0.15, -0.1) is 0 Å². The number of aliphatic hydroxyl groups excluding tert-OH is 2. The standard InChI is InChI=1S/C27H45N4O16P3/c1-16(2)8-6-9-18(32)10-7-11-19(33)24(35)27(4,5)13-44-50(41,42)47-49(39,40)43-12-20-23(46-48(36,37)38)22(34)26(45-20)31-15-30-21-17(3)28-14-29-25(21)31/h14-16,20,22-24,26,34-35H,6-13H2,1-5H3,(H,39,40)(H,41,42)(H2,36,37,38). The van der Waals surface area contributed by atoms with Crippen molar-refractivity contribution in [2.45, 2.75) is 104 Å². The van der Waals surface area contributed by atoms with Crippen LogP contribution in [0, 0.1) is 18.3 Å². The molecule has 284 valence electrons. The van der Waals surface area contributed by atoms with Gasteiger partial charge in [-0.25, -0.2) is 28.6 Å². The molecule has 3 rings (SSSR count). The van der Waals surface area contributed by atoms with E-state index >= 15 is 0 Å². The first-order valence-corrected chi connectivity index (χ1v) is 20.1. The fraction of sp³-hybridized carbons (Fsp3) is 0.741. The molecular formula is C27H45N4O16P3. The van der Waals surface area contributed by atoms with Gasteiger partial charge in [0.2, 0.25) is 0 Å². The summed E-state index contributed by atoms with van der Waals surface area (Å²) < 4.78 is 62.3. The van der Waals surface area contributed by atoms with Crippen molar-refractivity contribution in [1.29, 1.82) is 0 Å². The van der Waals surface area contributed by atoms with E-state index in [-0.39, 0.29) is 30.7 Å². The molecule has 0 aliphatic carbocycles. The minimum atomic E-state index is -5.50. The van der Waals surface area contributed by atoms with Gasteiger partial charge in [0, 0.05) is 24.7 Å². The number of phosphoric acid groups is 3. The van der Waals surface area contributed by atoms with E-state index in [0.717, 1.165) is 12.8 Å². The summed E-state index contributed by atoms with van der Waals surface area (Å²) in [6.07, 6.45) is -3.79. The van der Waals surface area contributed by atoms with Gasteiger partial charge >= 0.3 is 23.5 Å². The molecule has 50 heavy (non-hydrogen) atoms. The molecule has 6 N–H and O–H groups in total. The molecule has 2 aromatic rings. The van der Waals surface area contributed by atoms with Crippen molar-refractivity contribution in [3.63, 3.8) is 0 Å². The Morgan fingerprint density at radius 3 is 2.28 bits per heavy atom. The van der Waals surface area contributed by atoms with E-state index in [0.29, 0.717) is 23.5 Å². The summed E-state index contributed by atoms with van der Waals surface area (Å²) in [7, 11) is -16.2. The van der Waals surface area contributed by atoms with Crippen LogP contribution in [-0.2, 0) is 45.9 Å². The largest absolute Gasteiger partial charge is 0.481 e. The molecule has 23 heteroatoms. The summed E-state index contributed by atoms with van der Waals surface area (Å²) >= 11 is 0. The maximum atomic E-state index is 12.6. The number of ketones is 2. The molecule has 1 fully saturated rings. The zero-order chi connectivity index (χ0) is 37.7. The average Bonchev–Trinajstić information content (AvgIpc) is 3.54. The van der Waals surface area contributed by atoms with Gasteiger partial charge in [-0.3, -0.25) is 27.7 Å². The minimum Gasteiger partial charge on any atom is -0.386 e. The van der Waals surface area contributed by atoms with Gasteiger partial charge in [-0.2, -0.15) is 4.31 Å². The molecule has 1 aliphatic heterocycles. The number of phosphoric ester groups is 3. The number of hydrogen-bond donors (Lipinski definition) is 6. The molecule has 20 nitrogen and oxygen atoms in total. The van der Waals surface area contributed by atoms with Crippen LogP contribution in [0.3, 0.4) is 0 Å². The third kappa shape index (κ3) is 12.4. The van der Waals surface area contributed by atoms with Crippen molar-refractivity contribution in [1.82, 2.24) is 19.5 Å². The topological polar surface area (TPSA) is 296 Å². The molecule has 0 amide bonds. The lowest BCUT2D eigenvalue weighted by Crippen LogP contribution is -2.39. The summed E-state index contributed by atoms with van der Waals surface area (Å²) in [5.41, 5.74) is -0.525. The van der Waals surface area contributed by atoms with E-state index in [2.05, 4.69) is 37.6 Å². The number of aromatic nitrogens is 4. The van der Waals surface area contributed by atoms with E-state index in [1.165, 1.54) is 31.1 Å². The third-order valence-corrected chi connectivity index (χ3v) is 10.9. The molecule has 1 saturated heterocycles. The second-order valence-corrected chi connectivity index (χ2v) is 17.3. The number of aliphatic hydroxyl groups is 2. The molecule has 0 spiro atoms. The minimum absolute atomic E-state index is 0.00171. The molecule has 1 aliphatic rings. The van der Waals surface area contributed by atoms with Crippen molar-refractivity contribution in [3.8, 4) is 0 Å². The smallest absolute Gasteiger partial charge is 0.386 e. The lowest BCUT2D eigenvalue weighted by molar-refractivity contribution is -0.134. The van der Waals surface area contributed by atoms with E-state index in [1.54, 1.807) is 6.92 Å². The number of Topliss-reactive ketones (excluding diaryl/α,β-unsaturated/α-hetero) is 2. The number of carbonyl (C=O) groups is 2. The number of carbonyl (C=O) groups excluding carboxylic acids is 2. The molecule has 0 bridgehead atoms. The van der Waals surface area contributed by atoms with E-state index < -0.39 is 78.5 Å². The second kappa shape index (κ2) is 17.3. The summed E-state index contributed by atoms with van der Waals surface area (Å²) in [4.78, 5) is 75.9. The van der Waals surface area contributed by atoms with Crippen molar-refractivity contribution < 1.29 is 75.7 Å². The highest BCUT2D eigenvalue weighted by Crippen LogP contribution is 2.61. The highest BCUT2D eigenvalue weighted by atomic mass is 31.3. The average molecular weight is 775 g/mol. The van der Waals surface area contributed by atoms with Crippen molar-refractivity contribution in [3.05, 3.63) is 18.3 Å². The number of ether oxygens (including phenoxy) is 1. The van der Waals surface area contributed by atoms with E-state index in [9.17, 15) is 53.1 Å². The highest BCUT2D eigenvalue weighted by molar-refractivity contribution is 7.61. The Morgan fingerprint density at radius 2 is 1.64 bits per heavy atom. The molecule has 2 aromatic heterocycles.